The summed E-state index contributed by atoms with van der Waals surface area (Å²) in [7, 11) is 6.79. The van der Waals surface area contributed by atoms with Gasteiger partial charge in [0, 0.05) is 5.97 Å². The summed E-state index contributed by atoms with van der Waals surface area (Å²) in [6, 6.07) is 0. The lowest BCUT2D eigenvalue weighted by molar-refractivity contribution is -0.870. The third kappa shape index (κ3) is 19.4. The van der Waals surface area contributed by atoms with Gasteiger partial charge < -0.3 is 14.4 Å². The van der Waals surface area contributed by atoms with Crippen molar-refractivity contribution in [3.05, 3.63) is 0 Å². The standard InChI is InChI=1S/C18H37NO2/c1-19(2,3)17-15-13-11-9-7-5-4-6-8-10-12-14-16-18(20)21/h4-17H2,1-3H3. The van der Waals surface area contributed by atoms with E-state index in [-0.39, 0.29) is 6.42 Å². The highest BCUT2D eigenvalue weighted by atomic mass is 16.4. The van der Waals surface area contributed by atoms with E-state index in [0.29, 0.717) is 0 Å². The largest absolute Gasteiger partial charge is 0.550 e. The molecule has 0 aliphatic carbocycles. The van der Waals surface area contributed by atoms with Gasteiger partial charge in [0.2, 0.25) is 0 Å². The number of unbranched alkanes of at least 4 members (excludes halogenated alkanes) is 11. The number of rotatable bonds is 15. The summed E-state index contributed by atoms with van der Waals surface area (Å²) in [5, 5.41) is 10.2. The number of quaternary nitrogens is 1. The Labute approximate surface area is 132 Å². The topological polar surface area (TPSA) is 40.1 Å². The number of carbonyl (C=O) groups excluding carboxylic acids is 1. The van der Waals surface area contributed by atoms with Crippen molar-refractivity contribution in [2.45, 2.75) is 83.5 Å². The molecule has 21 heavy (non-hydrogen) atoms. The molecule has 0 fully saturated rings. The van der Waals surface area contributed by atoms with Crippen molar-refractivity contribution in [2.24, 2.45) is 0 Å². The zero-order valence-electron chi connectivity index (χ0n) is 14.7. The molecule has 0 saturated heterocycles. The van der Waals surface area contributed by atoms with Crippen LogP contribution in [0.2, 0.25) is 0 Å². The van der Waals surface area contributed by atoms with Gasteiger partial charge in [0.15, 0.2) is 0 Å². The number of carbonyl (C=O) groups is 1. The molecule has 3 heteroatoms. The van der Waals surface area contributed by atoms with E-state index in [1.54, 1.807) is 0 Å². The van der Waals surface area contributed by atoms with E-state index in [2.05, 4.69) is 21.1 Å². The van der Waals surface area contributed by atoms with Crippen molar-refractivity contribution in [3.63, 3.8) is 0 Å². The number of carboxylic acid groups (broad SMARTS) is 1. The first-order valence-corrected chi connectivity index (χ1v) is 8.92. The summed E-state index contributed by atoms with van der Waals surface area (Å²) < 4.78 is 1.09. The molecule has 0 rings (SSSR count). The normalized spacial score (nSPS) is 11.8. The molecule has 0 aliphatic heterocycles. The Bertz CT molecular complexity index is 246. The third-order valence-electron chi connectivity index (χ3n) is 3.96. The smallest absolute Gasteiger partial charge is 0.0780 e. The first-order chi connectivity index (χ1) is 9.92. The zero-order valence-corrected chi connectivity index (χ0v) is 14.7. The summed E-state index contributed by atoms with van der Waals surface area (Å²) >= 11 is 0. The Kier molecular flexibility index (Phi) is 12.8. The van der Waals surface area contributed by atoms with Crippen LogP contribution in [-0.2, 0) is 4.79 Å². The summed E-state index contributed by atoms with van der Waals surface area (Å²) in [4.78, 5) is 10.2. The van der Waals surface area contributed by atoms with Gasteiger partial charge in [-0.3, -0.25) is 0 Å². The molecular weight excluding hydrogens is 262 g/mol. The average molecular weight is 299 g/mol. The van der Waals surface area contributed by atoms with Gasteiger partial charge in [0.25, 0.3) is 0 Å². The first kappa shape index (κ1) is 20.4. The van der Waals surface area contributed by atoms with Crippen molar-refractivity contribution in [1.29, 1.82) is 0 Å². The molecule has 0 aromatic heterocycles. The van der Waals surface area contributed by atoms with E-state index >= 15 is 0 Å². The molecule has 0 unspecified atom stereocenters. The lowest BCUT2D eigenvalue weighted by atomic mass is 10.0. The second-order valence-electron chi connectivity index (χ2n) is 7.38. The predicted molar refractivity (Wildman–Crippen MR) is 87.9 cm³/mol. The highest BCUT2D eigenvalue weighted by Crippen LogP contribution is 2.12. The number of carboxylic acids is 1. The SMILES string of the molecule is C[N+](C)(C)CCCCCCCCCCCCCCC(=O)[O-]. The van der Waals surface area contributed by atoms with Gasteiger partial charge in [-0.25, -0.2) is 0 Å². The minimum Gasteiger partial charge on any atom is -0.550 e. The van der Waals surface area contributed by atoms with Crippen LogP contribution in [0.5, 0.6) is 0 Å². The molecule has 0 N–H and O–H groups in total. The van der Waals surface area contributed by atoms with E-state index in [0.717, 1.165) is 17.3 Å². The highest BCUT2D eigenvalue weighted by Gasteiger charge is 2.04. The molecule has 126 valence electrons. The van der Waals surface area contributed by atoms with E-state index < -0.39 is 5.97 Å². The Morgan fingerprint density at radius 2 is 1.00 bits per heavy atom. The molecule has 0 heterocycles. The number of nitrogens with zero attached hydrogens (tertiary/aromatic N) is 1. The predicted octanol–water partition coefficient (Wildman–Crippen LogP) is 3.51. The van der Waals surface area contributed by atoms with Gasteiger partial charge in [-0.05, 0) is 25.7 Å². The maximum Gasteiger partial charge on any atom is 0.0780 e. The molecule has 0 spiro atoms. The summed E-state index contributed by atoms with van der Waals surface area (Å²) in [6.07, 6.45) is 15.4. The van der Waals surface area contributed by atoms with Gasteiger partial charge >= 0.3 is 0 Å². The molecular formula is C18H37NO2. The van der Waals surface area contributed by atoms with Crippen LogP contribution in [0.4, 0.5) is 0 Å². The van der Waals surface area contributed by atoms with E-state index in [1.165, 1.54) is 70.8 Å². The summed E-state index contributed by atoms with van der Waals surface area (Å²) in [6.45, 7) is 1.29. The molecule has 0 aliphatic rings. The van der Waals surface area contributed by atoms with Gasteiger partial charge in [-0.2, -0.15) is 0 Å². The Morgan fingerprint density at radius 3 is 1.33 bits per heavy atom. The van der Waals surface area contributed by atoms with Crippen molar-refractivity contribution < 1.29 is 14.4 Å². The van der Waals surface area contributed by atoms with Crippen molar-refractivity contribution in [2.75, 3.05) is 27.7 Å². The molecule has 0 atom stereocenters. The first-order valence-electron chi connectivity index (χ1n) is 8.92. The monoisotopic (exact) mass is 299 g/mol. The molecule has 0 radical (unpaired) electrons. The van der Waals surface area contributed by atoms with Crippen LogP contribution >= 0.6 is 0 Å². The number of hydrogen-bond acceptors (Lipinski definition) is 2. The van der Waals surface area contributed by atoms with Gasteiger partial charge in [0.1, 0.15) is 0 Å². The molecule has 3 nitrogen and oxygen atoms in total. The Hall–Kier alpha value is -0.570. The van der Waals surface area contributed by atoms with Crippen molar-refractivity contribution in [3.8, 4) is 0 Å². The van der Waals surface area contributed by atoms with Gasteiger partial charge in [0.05, 0.1) is 27.7 Å². The van der Waals surface area contributed by atoms with Crippen LogP contribution < -0.4 is 5.11 Å². The van der Waals surface area contributed by atoms with Crippen molar-refractivity contribution >= 4 is 5.97 Å². The number of aliphatic carboxylic acids is 1. The molecule has 0 aromatic rings. The van der Waals surface area contributed by atoms with Gasteiger partial charge in [-0.15, -0.1) is 0 Å². The summed E-state index contributed by atoms with van der Waals surface area (Å²) in [5.41, 5.74) is 0. The molecule has 0 aromatic carbocycles. The Morgan fingerprint density at radius 1 is 0.667 bits per heavy atom. The Balaban J connectivity index is 3.04. The number of hydrogen-bond donors (Lipinski definition) is 0. The van der Waals surface area contributed by atoms with E-state index in [1.807, 2.05) is 0 Å². The van der Waals surface area contributed by atoms with Crippen LogP contribution in [-0.4, -0.2) is 38.1 Å². The fourth-order valence-electron chi connectivity index (χ4n) is 2.62. The maximum atomic E-state index is 10.2. The minimum atomic E-state index is -0.906. The van der Waals surface area contributed by atoms with Crippen LogP contribution in [0.1, 0.15) is 83.5 Å². The van der Waals surface area contributed by atoms with Crippen molar-refractivity contribution in [1.82, 2.24) is 0 Å². The second kappa shape index (κ2) is 13.1. The minimum absolute atomic E-state index is 0.230. The van der Waals surface area contributed by atoms with E-state index in [4.69, 9.17) is 0 Å². The highest BCUT2D eigenvalue weighted by molar-refractivity contribution is 5.63. The lowest BCUT2D eigenvalue weighted by Crippen LogP contribution is -2.35. The molecule has 0 amide bonds. The average Bonchev–Trinajstić information content (AvgIpc) is 2.37. The summed E-state index contributed by atoms with van der Waals surface area (Å²) in [5.74, 6) is -0.906. The fraction of sp³-hybridized carbons (Fsp3) is 0.944. The maximum absolute atomic E-state index is 10.2. The third-order valence-corrected chi connectivity index (χ3v) is 3.96. The lowest BCUT2D eigenvalue weighted by Gasteiger charge is -2.23. The quantitative estimate of drug-likeness (QED) is 0.343. The van der Waals surface area contributed by atoms with E-state index in [9.17, 15) is 9.90 Å². The molecule has 0 saturated carbocycles. The fourth-order valence-corrected chi connectivity index (χ4v) is 2.62. The van der Waals surface area contributed by atoms with Crippen LogP contribution in [0, 0.1) is 0 Å². The molecule has 0 bridgehead atoms. The van der Waals surface area contributed by atoms with Gasteiger partial charge in [-0.1, -0.05) is 57.8 Å². The zero-order chi connectivity index (χ0) is 16.0. The van der Waals surface area contributed by atoms with Crippen LogP contribution in [0.15, 0.2) is 0 Å². The van der Waals surface area contributed by atoms with Crippen LogP contribution in [0.25, 0.3) is 0 Å². The van der Waals surface area contributed by atoms with Crippen LogP contribution in [0.3, 0.4) is 0 Å². The second-order valence-corrected chi connectivity index (χ2v) is 7.38.